The molecular weight excluding hydrogens is 379 g/mol. The molecule has 0 aliphatic carbocycles. The van der Waals surface area contributed by atoms with Crippen LogP contribution in [-0.2, 0) is 4.79 Å². The fourth-order valence-electron chi connectivity index (χ4n) is 2.57. The van der Waals surface area contributed by atoms with E-state index in [0.717, 1.165) is 0 Å². The summed E-state index contributed by atoms with van der Waals surface area (Å²) in [5.74, 6) is 1.40. The highest BCUT2D eigenvalue weighted by atomic mass is 35.5. The molecule has 1 aliphatic heterocycles. The first-order chi connectivity index (χ1) is 12.6. The summed E-state index contributed by atoms with van der Waals surface area (Å²) in [7, 11) is 1.56. The van der Waals surface area contributed by atoms with Crippen molar-refractivity contribution in [1.29, 1.82) is 0 Å². The third-order valence-corrected chi connectivity index (χ3v) is 4.53. The first kappa shape index (κ1) is 18.5. The molecule has 1 aromatic carbocycles. The van der Waals surface area contributed by atoms with E-state index in [1.165, 1.54) is 0 Å². The van der Waals surface area contributed by atoms with Crippen molar-refractivity contribution in [2.24, 2.45) is 0 Å². The molecule has 1 fully saturated rings. The summed E-state index contributed by atoms with van der Waals surface area (Å²) >= 11 is 12.0. The second-order valence-corrected chi connectivity index (χ2v) is 6.47. The van der Waals surface area contributed by atoms with Crippen molar-refractivity contribution in [3.05, 3.63) is 40.5 Å². The van der Waals surface area contributed by atoms with Crippen molar-refractivity contribution in [2.75, 3.05) is 44.8 Å². The third kappa shape index (κ3) is 4.47. The lowest BCUT2D eigenvalue weighted by atomic mass is 10.3. The predicted octanol–water partition coefficient (Wildman–Crippen LogP) is 2.52. The molecule has 0 radical (unpaired) electrons. The molecule has 1 aliphatic rings. The lowest BCUT2D eigenvalue weighted by molar-refractivity contribution is -0.133. The molecule has 0 atom stereocenters. The van der Waals surface area contributed by atoms with Crippen LogP contribution >= 0.6 is 23.2 Å². The highest BCUT2D eigenvalue weighted by Crippen LogP contribution is 2.27. The van der Waals surface area contributed by atoms with Gasteiger partial charge in [0.2, 0.25) is 11.8 Å². The first-order valence-corrected chi connectivity index (χ1v) is 8.80. The van der Waals surface area contributed by atoms with Crippen LogP contribution in [0.1, 0.15) is 0 Å². The van der Waals surface area contributed by atoms with E-state index >= 15 is 0 Å². The zero-order valence-corrected chi connectivity index (χ0v) is 15.7. The maximum Gasteiger partial charge on any atom is 0.260 e. The number of amides is 1. The summed E-state index contributed by atoms with van der Waals surface area (Å²) < 4.78 is 10.6. The van der Waals surface area contributed by atoms with Gasteiger partial charge in [-0.05, 0) is 12.1 Å². The number of benzene rings is 1. The van der Waals surface area contributed by atoms with E-state index in [1.54, 1.807) is 42.5 Å². The number of rotatable bonds is 5. The largest absolute Gasteiger partial charge is 0.482 e. The summed E-state index contributed by atoms with van der Waals surface area (Å²) in [6, 6.07) is 6.59. The van der Waals surface area contributed by atoms with E-state index < -0.39 is 0 Å². The molecule has 7 nitrogen and oxygen atoms in total. The molecule has 1 amide bonds. The van der Waals surface area contributed by atoms with E-state index in [0.29, 0.717) is 53.8 Å². The second-order valence-electron chi connectivity index (χ2n) is 5.63. The minimum atomic E-state index is -0.104. The molecule has 0 spiro atoms. The van der Waals surface area contributed by atoms with Crippen LogP contribution in [0.4, 0.5) is 5.95 Å². The number of carbonyl (C=O) groups excluding carboxylic acids is 1. The van der Waals surface area contributed by atoms with Gasteiger partial charge in [-0.15, -0.1) is 0 Å². The van der Waals surface area contributed by atoms with Crippen molar-refractivity contribution in [3.63, 3.8) is 0 Å². The number of piperazine rings is 1. The number of anilines is 1. The smallest absolute Gasteiger partial charge is 0.260 e. The molecule has 26 heavy (non-hydrogen) atoms. The summed E-state index contributed by atoms with van der Waals surface area (Å²) in [6.07, 6.45) is 1.65. The average Bonchev–Trinajstić information content (AvgIpc) is 2.68. The second kappa shape index (κ2) is 8.42. The van der Waals surface area contributed by atoms with Crippen molar-refractivity contribution in [3.8, 4) is 11.6 Å². The van der Waals surface area contributed by atoms with Crippen molar-refractivity contribution >= 4 is 35.1 Å². The lowest BCUT2D eigenvalue weighted by Crippen LogP contribution is -2.50. The maximum absolute atomic E-state index is 12.4. The van der Waals surface area contributed by atoms with Gasteiger partial charge in [-0.2, -0.15) is 4.98 Å². The van der Waals surface area contributed by atoms with E-state index in [9.17, 15) is 4.79 Å². The number of ether oxygens (including phenoxy) is 2. The number of nitrogens with zero attached hydrogens (tertiary/aromatic N) is 4. The third-order valence-electron chi connectivity index (χ3n) is 3.99. The van der Waals surface area contributed by atoms with E-state index in [4.69, 9.17) is 32.7 Å². The minimum absolute atomic E-state index is 0.0876. The molecule has 2 aromatic rings. The zero-order chi connectivity index (χ0) is 18.5. The van der Waals surface area contributed by atoms with Crippen molar-refractivity contribution in [1.82, 2.24) is 14.9 Å². The van der Waals surface area contributed by atoms with Crippen LogP contribution < -0.4 is 14.4 Å². The van der Waals surface area contributed by atoms with Gasteiger partial charge in [-0.25, -0.2) is 4.98 Å². The number of halogens is 2. The fourth-order valence-corrected chi connectivity index (χ4v) is 2.91. The van der Waals surface area contributed by atoms with Gasteiger partial charge in [-0.1, -0.05) is 23.2 Å². The van der Waals surface area contributed by atoms with Gasteiger partial charge in [0.25, 0.3) is 5.91 Å². The number of aromatic nitrogens is 2. The normalized spacial score (nSPS) is 14.3. The highest BCUT2D eigenvalue weighted by Gasteiger charge is 2.23. The summed E-state index contributed by atoms with van der Waals surface area (Å²) in [6.45, 7) is 2.31. The molecule has 138 valence electrons. The number of hydrogen-bond donors (Lipinski definition) is 0. The monoisotopic (exact) mass is 396 g/mol. The molecule has 9 heteroatoms. The Morgan fingerprint density at radius 3 is 2.69 bits per heavy atom. The Bertz CT molecular complexity index is 782. The molecule has 1 aromatic heterocycles. The summed E-state index contributed by atoms with van der Waals surface area (Å²) in [4.78, 5) is 24.7. The quantitative estimate of drug-likeness (QED) is 0.773. The molecule has 0 saturated carbocycles. The number of methoxy groups -OCH3 is 1. The average molecular weight is 397 g/mol. The van der Waals surface area contributed by atoms with Crippen LogP contribution in [0.25, 0.3) is 0 Å². The van der Waals surface area contributed by atoms with Crippen molar-refractivity contribution in [2.45, 2.75) is 0 Å². The molecule has 0 N–H and O–H groups in total. The molecule has 3 rings (SSSR count). The van der Waals surface area contributed by atoms with Gasteiger partial charge in [0.15, 0.2) is 6.61 Å². The first-order valence-electron chi connectivity index (χ1n) is 8.04. The summed E-state index contributed by atoms with van der Waals surface area (Å²) in [5.41, 5.74) is 0. The minimum Gasteiger partial charge on any atom is -0.482 e. The van der Waals surface area contributed by atoms with Gasteiger partial charge in [-0.3, -0.25) is 4.79 Å². The molecule has 2 heterocycles. The van der Waals surface area contributed by atoms with Crippen LogP contribution in [-0.4, -0.2) is 60.7 Å². The Labute approximate surface area is 161 Å². The Balaban J connectivity index is 1.52. The van der Waals surface area contributed by atoms with Crippen LogP contribution in [0.15, 0.2) is 30.5 Å². The lowest BCUT2D eigenvalue weighted by Gasteiger charge is -2.34. The van der Waals surface area contributed by atoms with E-state index in [2.05, 4.69) is 9.97 Å². The van der Waals surface area contributed by atoms with E-state index in [-0.39, 0.29) is 12.5 Å². The Hall–Kier alpha value is -2.25. The number of carbonyl (C=O) groups is 1. The molecule has 0 unspecified atom stereocenters. The van der Waals surface area contributed by atoms with Crippen LogP contribution in [0.2, 0.25) is 10.0 Å². The van der Waals surface area contributed by atoms with Gasteiger partial charge >= 0.3 is 0 Å². The van der Waals surface area contributed by atoms with Crippen LogP contribution in [0, 0.1) is 0 Å². The Morgan fingerprint density at radius 1 is 1.19 bits per heavy atom. The van der Waals surface area contributed by atoms with E-state index in [1.807, 2.05) is 4.90 Å². The van der Waals surface area contributed by atoms with Crippen LogP contribution in [0.3, 0.4) is 0 Å². The molecule has 0 bridgehead atoms. The standard InChI is InChI=1S/C17H18Cl2N4O3/c1-25-15-4-5-20-17(21-15)23-8-6-22(7-9-23)16(24)11-26-14-10-12(18)2-3-13(14)19/h2-5,10H,6-9,11H2,1H3. The fraction of sp³-hybridized carbons (Fsp3) is 0.353. The maximum atomic E-state index is 12.4. The van der Waals surface area contributed by atoms with Crippen LogP contribution in [0.5, 0.6) is 11.6 Å². The Kier molecular flexibility index (Phi) is 6.00. The van der Waals surface area contributed by atoms with Crippen molar-refractivity contribution < 1.29 is 14.3 Å². The predicted molar refractivity (Wildman–Crippen MR) is 99.3 cm³/mol. The van der Waals surface area contributed by atoms with Gasteiger partial charge in [0.05, 0.1) is 12.1 Å². The Morgan fingerprint density at radius 2 is 1.96 bits per heavy atom. The molecule has 1 saturated heterocycles. The highest BCUT2D eigenvalue weighted by molar-refractivity contribution is 6.34. The van der Waals surface area contributed by atoms with Gasteiger partial charge in [0.1, 0.15) is 5.75 Å². The topological polar surface area (TPSA) is 67.8 Å². The molecular formula is C17H18Cl2N4O3. The SMILES string of the molecule is COc1ccnc(N2CCN(C(=O)COc3cc(Cl)ccc3Cl)CC2)n1. The summed E-state index contributed by atoms with van der Waals surface area (Å²) in [5, 5.41) is 0.922. The van der Waals surface area contributed by atoms with Gasteiger partial charge in [0, 0.05) is 49.5 Å². The number of hydrogen-bond acceptors (Lipinski definition) is 6. The van der Waals surface area contributed by atoms with Gasteiger partial charge < -0.3 is 19.3 Å². The zero-order valence-electron chi connectivity index (χ0n) is 14.2.